The smallest absolute Gasteiger partial charge is 0.322 e. The SMILES string of the molecule is CCCCOC(=O)C(C)(CC(C)(CC(C)(CC(C)(CC(C)(C#N)CCC(=O)O)C(=O)OCCOC1OC(CC)C(C)C(C)C1OC(C)=O)C(=O)OCCN(C)C)C(=O)OCCN(CC)CC)SC(=S)SCC.CCCCOC(=O)C(C)(CC(C)(CC(C)(CC(C)(CC(C)(C#N)CCC(=O)O)C(=O)OCCOC1OC(CO)C(O)C(O)C1O)C(=O)OCCN(C)C)C(=O)OCCN(CC)CC)SC(=S)SCC. The van der Waals surface area contributed by atoms with Crippen LogP contribution in [0, 0.1) is 77.8 Å². The number of carboxylic acids is 2. The molecule has 2 heterocycles. The summed E-state index contributed by atoms with van der Waals surface area (Å²) in [6.07, 6.45) is -9.98. The van der Waals surface area contributed by atoms with Crippen LogP contribution in [0.3, 0.4) is 0 Å². The molecule has 812 valence electrons. The van der Waals surface area contributed by atoms with Crippen molar-refractivity contribution in [2.45, 2.75) is 320 Å². The van der Waals surface area contributed by atoms with Gasteiger partial charge in [0.25, 0.3) is 0 Å². The van der Waals surface area contributed by atoms with Crippen molar-refractivity contribution in [2.75, 3.05) is 165 Å². The average molecular weight is 2120 g/mol. The highest BCUT2D eigenvalue weighted by molar-refractivity contribution is 8.48. The lowest BCUT2D eigenvalue weighted by Gasteiger charge is -2.44. The van der Waals surface area contributed by atoms with Crippen LogP contribution in [0.1, 0.15) is 261 Å². The molecule has 0 bridgehead atoms. The Balaban J connectivity index is 0.00000141. The molecule has 0 aromatic heterocycles. The van der Waals surface area contributed by atoms with Gasteiger partial charge < -0.3 is 112 Å². The summed E-state index contributed by atoms with van der Waals surface area (Å²) in [5.41, 5.74) is -13.3. The number of nitriles is 2. The van der Waals surface area contributed by atoms with E-state index in [1.54, 1.807) is 67.5 Å². The van der Waals surface area contributed by atoms with Crippen LogP contribution in [0.25, 0.3) is 0 Å². The van der Waals surface area contributed by atoms with E-state index in [-0.39, 0.29) is 135 Å². The molecule has 2 rings (SSSR count). The highest BCUT2D eigenvalue weighted by Crippen LogP contribution is 2.56. The number of likely N-dealkylation sites (N-methyl/N-ethyl adjacent to an activating group) is 4. The van der Waals surface area contributed by atoms with Gasteiger partial charge in [-0.15, -0.1) is 23.5 Å². The van der Waals surface area contributed by atoms with Gasteiger partial charge in [-0.3, -0.25) is 52.7 Å². The number of aliphatic hydroxyl groups excluding tert-OH is 4. The van der Waals surface area contributed by atoms with Crippen LogP contribution in [0.15, 0.2) is 0 Å². The first-order chi connectivity index (χ1) is 65.7. The zero-order chi connectivity index (χ0) is 108. The minimum Gasteiger partial charge on any atom is -0.481 e. The summed E-state index contributed by atoms with van der Waals surface area (Å²) < 4.78 is 74.3. The average Bonchev–Trinajstić information content (AvgIpc) is 0.760. The number of carbonyl (C=O) groups excluding carboxylic acids is 9. The van der Waals surface area contributed by atoms with E-state index in [0.29, 0.717) is 90.2 Å². The highest BCUT2D eigenvalue weighted by atomic mass is 32.2. The van der Waals surface area contributed by atoms with Crippen LogP contribution in [0.2, 0.25) is 0 Å². The molecule has 20 unspecified atom stereocenters. The molecular weight excluding hydrogens is 1950 g/mol. The summed E-state index contributed by atoms with van der Waals surface area (Å²) in [5, 5.41) is 81.0. The summed E-state index contributed by atoms with van der Waals surface area (Å²) in [7, 11) is 7.20. The third kappa shape index (κ3) is 45.1. The summed E-state index contributed by atoms with van der Waals surface area (Å²) in [6, 6.07) is 4.40. The number of rotatable bonds is 67. The van der Waals surface area contributed by atoms with Crippen LogP contribution < -0.4 is 0 Å². The maximum absolute atomic E-state index is 15.0. The highest BCUT2D eigenvalue weighted by Gasteiger charge is 2.60. The number of unbranched alkanes of at least 4 members (excludes halogenated alkanes) is 2. The van der Waals surface area contributed by atoms with E-state index in [2.05, 4.69) is 21.9 Å². The molecule has 0 amide bonds. The van der Waals surface area contributed by atoms with Gasteiger partial charge in [0.1, 0.15) is 80.6 Å². The molecule has 2 fully saturated rings. The molecule has 2 saturated heterocycles. The number of thioether (sulfide) groups is 4. The maximum Gasteiger partial charge on any atom is 0.322 e. The number of aliphatic carboxylic acids is 2. The molecular formula is C99H170N6O30S6. The van der Waals surface area contributed by atoms with Crippen LogP contribution in [0.5, 0.6) is 0 Å². The predicted octanol–water partition coefficient (Wildman–Crippen LogP) is 12.9. The van der Waals surface area contributed by atoms with E-state index in [1.807, 2.05) is 95.2 Å². The number of hydrogen-bond acceptors (Lipinski definition) is 40. The first-order valence-electron chi connectivity index (χ1n) is 49.2. The van der Waals surface area contributed by atoms with Crippen molar-refractivity contribution in [2.24, 2.45) is 55.2 Å². The zero-order valence-corrected chi connectivity index (χ0v) is 93.7. The van der Waals surface area contributed by atoms with Gasteiger partial charge in [-0.25, -0.2) is 0 Å². The molecule has 0 aromatic rings. The fraction of sp³-hybridized carbons (Fsp3) is 0.848. The first kappa shape index (κ1) is 133. The minimum atomic E-state index is -1.80. The van der Waals surface area contributed by atoms with Crippen LogP contribution in [-0.2, 0) is 114 Å². The molecule has 0 aromatic carbocycles. The maximum atomic E-state index is 15.0. The standard InChI is InChI=1S/C52H89N3O14S3.C47H81N3O16S3/c1-16-21-26-64-46(62)52(13,72-47(70)71-20-5)34-51(12,45(61)66-28-25-55(18-3)19-4)33-50(11,44(60)65-27-24-54(14)15)32-49(10,31-48(9,35-53)23-22-40(57)58)43(59)67-30-29-63-42-41(68-38(8)56)37(7)36(6)39(17-2)69-42;1-12-16-21-62-41(60)47(9,69-42(67)68-15-4)30-46(8,40(59)64-23-20-50(13-2)14-3)29-45(7,39(58)63-22-19-49(10)11)28-44(6,27-43(5,31-48)18-17-33(52)53)38(57)65-25-24-61-37-36(56)35(55)34(54)32(26-51)66-37/h36-37,39,41-42H,16-34H2,1-15H3,(H,57,58);32,34-37,51,54-56H,12-30H2,1-11H3,(H,52,53). The molecule has 36 nitrogen and oxygen atoms in total. The lowest BCUT2D eigenvalue weighted by Crippen LogP contribution is -2.59. The van der Waals surface area contributed by atoms with Gasteiger partial charge in [-0.2, -0.15) is 10.5 Å². The molecule has 0 aliphatic carbocycles. The Morgan fingerprint density at radius 1 is 0.404 bits per heavy atom. The number of ether oxygens (including phenoxy) is 13. The van der Waals surface area contributed by atoms with E-state index in [4.69, 9.17) is 86.0 Å². The van der Waals surface area contributed by atoms with Crippen molar-refractivity contribution >= 4 is 144 Å². The fourth-order valence-electron chi connectivity index (χ4n) is 18.2. The van der Waals surface area contributed by atoms with Crippen LogP contribution in [0.4, 0.5) is 0 Å². The minimum absolute atomic E-state index is 0.00970. The molecule has 141 heavy (non-hydrogen) atoms. The van der Waals surface area contributed by atoms with Crippen LogP contribution >= 0.6 is 71.5 Å². The van der Waals surface area contributed by atoms with Gasteiger partial charge in [0.15, 0.2) is 18.7 Å². The van der Waals surface area contributed by atoms with Crippen molar-refractivity contribution in [3.63, 3.8) is 0 Å². The molecule has 2 aliphatic rings. The van der Waals surface area contributed by atoms with Crippen molar-refractivity contribution < 1.29 is 145 Å². The second kappa shape index (κ2) is 64.5. The number of carboxylic acid groups (broad SMARTS) is 2. The van der Waals surface area contributed by atoms with Gasteiger partial charge in [-0.1, -0.05) is 137 Å². The van der Waals surface area contributed by atoms with Crippen molar-refractivity contribution in [1.29, 1.82) is 10.5 Å². The molecule has 6 N–H and O–H groups in total. The predicted molar refractivity (Wildman–Crippen MR) is 549 cm³/mol. The monoisotopic (exact) mass is 2120 g/mol. The van der Waals surface area contributed by atoms with E-state index in [9.17, 15) is 93.9 Å². The van der Waals surface area contributed by atoms with E-state index in [0.717, 1.165) is 36.4 Å². The first-order valence-corrected chi connectivity index (χ1v) is 53.6. The third-order valence-corrected chi connectivity index (χ3v) is 31.1. The molecule has 0 radical (unpaired) electrons. The zero-order valence-electron chi connectivity index (χ0n) is 88.8. The lowest BCUT2D eigenvalue weighted by atomic mass is 9.60. The molecule has 42 heteroatoms. The Labute approximate surface area is 866 Å². The number of esters is 9. The van der Waals surface area contributed by atoms with Gasteiger partial charge in [0.05, 0.1) is 94.6 Å². The topological polar surface area (TPSA) is 490 Å². The van der Waals surface area contributed by atoms with Gasteiger partial charge in [0, 0.05) is 51.9 Å². The van der Waals surface area contributed by atoms with Gasteiger partial charge >= 0.3 is 65.7 Å². The lowest BCUT2D eigenvalue weighted by molar-refractivity contribution is -0.302. The second-order valence-electron chi connectivity index (χ2n) is 40.1. The largest absolute Gasteiger partial charge is 0.481 e. The van der Waals surface area contributed by atoms with Gasteiger partial charge in [0.2, 0.25) is 0 Å². The number of hydrogen-bond donors (Lipinski definition) is 6. The normalized spacial score (nSPS) is 22.4. The third-order valence-electron chi connectivity index (χ3n) is 25.8. The number of aliphatic hydroxyl groups is 4. The summed E-state index contributed by atoms with van der Waals surface area (Å²) in [6.45, 7) is 41.0. The van der Waals surface area contributed by atoms with E-state index < -0.39 is 194 Å². The Bertz CT molecular complexity index is 4010. The van der Waals surface area contributed by atoms with Crippen molar-refractivity contribution in [3.05, 3.63) is 0 Å². The quantitative estimate of drug-likeness (QED) is 0.0142. The molecule has 2 aliphatic heterocycles. The Morgan fingerprint density at radius 3 is 1.01 bits per heavy atom. The number of carbonyl (C=O) groups is 11. The van der Waals surface area contributed by atoms with Crippen molar-refractivity contribution in [3.8, 4) is 12.1 Å². The van der Waals surface area contributed by atoms with E-state index >= 15 is 0 Å². The second-order valence-corrected chi connectivity index (χ2v) is 48.0. The van der Waals surface area contributed by atoms with Crippen LogP contribution in [-0.4, -0.2) is 346 Å². The Morgan fingerprint density at radius 2 is 0.716 bits per heavy atom. The van der Waals surface area contributed by atoms with E-state index in [1.165, 1.54) is 51.2 Å². The molecule has 0 saturated carbocycles. The summed E-state index contributed by atoms with van der Waals surface area (Å²) in [5.74, 6) is -7.62. The van der Waals surface area contributed by atoms with Gasteiger partial charge in [-0.05, 0) is 225 Å². The molecule has 0 spiro atoms. The summed E-state index contributed by atoms with van der Waals surface area (Å²) >= 11 is 16.4. The Kier molecular flexibility index (Phi) is 61.0. The summed E-state index contributed by atoms with van der Waals surface area (Å²) in [4.78, 5) is 161. The molecule has 20 atom stereocenters. The number of nitrogens with zero attached hydrogens (tertiary/aromatic N) is 6. The van der Waals surface area contributed by atoms with Crippen molar-refractivity contribution in [1.82, 2.24) is 19.6 Å². The number of thiocarbonyl (C=S) groups is 2. The Hall–Kier alpha value is -5.75. The fourth-order valence-corrected chi connectivity index (χ4v) is 24.6.